The zero-order valence-electron chi connectivity index (χ0n) is 11.8. The van der Waals surface area contributed by atoms with Gasteiger partial charge in [0.2, 0.25) is 0 Å². The number of benzene rings is 1. The lowest BCUT2D eigenvalue weighted by Gasteiger charge is -2.29. The Bertz CT molecular complexity index is 367. The molecule has 1 rings (SSSR count). The zero-order chi connectivity index (χ0) is 13.7. The number of nitrogens with zero attached hydrogens (tertiary/aromatic N) is 1. The highest BCUT2D eigenvalue weighted by atomic mass is 19.1. The minimum atomic E-state index is -0.247. The van der Waals surface area contributed by atoms with Gasteiger partial charge in [-0.25, -0.2) is 4.39 Å². The van der Waals surface area contributed by atoms with E-state index in [1.165, 1.54) is 6.07 Å². The average Bonchev–Trinajstić information content (AvgIpc) is 2.26. The first-order valence-electron chi connectivity index (χ1n) is 6.58. The Morgan fingerprint density at radius 2 is 1.67 bits per heavy atom. The van der Waals surface area contributed by atoms with Crippen molar-refractivity contribution in [3.8, 4) is 0 Å². The molecule has 0 spiro atoms. The molecule has 0 heterocycles. The second-order valence-corrected chi connectivity index (χ2v) is 5.64. The Hall–Kier alpha value is -1.09. The second-order valence-electron chi connectivity index (χ2n) is 5.64. The predicted octanol–water partition coefficient (Wildman–Crippen LogP) is 3.44. The largest absolute Gasteiger partial charge is 0.392 e. The van der Waals surface area contributed by atoms with Crippen molar-refractivity contribution < 1.29 is 9.50 Å². The van der Waals surface area contributed by atoms with E-state index in [0.717, 1.165) is 13.1 Å². The van der Waals surface area contributed by atoms with Crippen molar-refractivity contribution in [2.24, 2.45) is 11.8 Å². The van der Waals surface area contributed by atoms with Crippen molar-refractivity contribution in [2.45, 2.75) is 34.3 Å². The maximum absolute atomic E-state index is 14.0. The fourth-order valence-corrected chi connectivity index (χ4v) is 2.06. The van der Waals surface area contributed by atoms with Crippen LogP contribution in [-0.4, -0.2) is 18.2 Å². The minimum absolute atomic E-state index is 0.119. The lowest BCUT2D eigenvalue weighted by atomic mass is 10.1. The van der Waals surface area contributed by atoms with Gasteiger partial charge in [-0.15, -0.1) is 0 Å². The van der Waals surface area contributed by atoms with Gasteiger partial charge in [0.25, 0.3) is 0 Å². The van der Waals surface area contributed by atoms with Crippen LogP contribution in [0.1, 0.15) is 33.3 Å². The van der Waals surface area contributed by atoms with Crippen LogP contribution in [-0.2, 0) is 6.61 Å². The maximum Gasteiger partial charge on any atom is 0.146 e. The first kappa shape index (κ1) is 15.0. The van der Waals surface area contributed by atoms with Crippen molar-refractivity contribution in [1.82, 2.24) is 0 Å². The number of aliphatic hydroxyl groups excluding tert-OH is 1. The summed E-state index contributed by atoms with van der Waals surface area (Å²) in [7, 11) is 0. The molecule has 1 aromatic rings. The Morgan fingerprint density at radius 1 is 1.11 bits per heavy atom. The molecular formula is C15H24FNO. The highest BCUT2D eigenvalue weighted by molar-refractivity contribution is 5.49. The summed E-state index contributed by atoms with van der Waals surface area (Å²) in [5.74, 6) is 0.726. The molecule has 0 aliphatic heterocycles. The fraction of sp³-hybridized carbons (Fsp3) is 0.600. The molecule has 2 nitrogen and oxygen atoms in total. The van der Waals surface area contributed by atoms with Crippen LogP contribution in [0.4, 0.5) is 10.1 Å². The summed E-state index contributed by atoms with van der Waals surface area (Å²) in [6.07, 6.45) is 0. The maximum atomic E-state index is 14.0. The molecule has 1 aromatic carbocycles. The van der Waals surface area contributed by atoms with E-state index in [1.807, 2.05) is 0 Å². The molecule has 3 heteroatoms. The quantitative estimate of drug-likeness (QED) is 0.839. The van der Waals surface area contributed by atoms with Crippen LogP contribution in [0.3, 0.4) is 0 Å². The van der Waals surface area contributed by atoms with Gasteiger partial charge in [0.1, 0.15) is 5.82 Å². The van der Waals surface area contributed by atoms with Gasteiger partial charge in [0, 0.05) is 13.1 Å². The topological polar surface area (TPSA) is 23.5 Å². The number of anilines is 1. The van der Waals surface area contributed by atoms with Crippen LogP contribution >= 0.6 is 0 Å². The van der Waals surface area contributed by atoms with Gasteiger partial charge in [-0.2, -0.15) is 0 Å². The smallest absolute Gasteiger partial charge is 0.146 e. The molecule has 0 unspecified atom stereocenters. The fourth-order valence-electron chi connectivity index (χ4n) is 2.06. The van der Waals surface area contributed by atoms with Crippen LogP contribution in [0.15, 0.2) is 18.2 Å². The highest BCUT2D eigenvalue weighted by Gasteiger charge is 2.14. The molecule has 0 aromatic heterocycles. The summed E-state index contributed by atoms with van der Waals surface area (Å²) >= 11 is 0. The summed E-state index contributed by atoms with van der Waals surface area (Å²) < 4.78 is 14.0. The standard InChI is InChI=1S/C15H24FNO/c1-11(2)8-17(9-12(3)4)15-6-5-13(10-18)7-14(15)16/h5-7,11-12,18H,8-10H2,1-4H3. The van der Waals surface area contributed by atoms with E-state index < -0.39 is 0 Å². The van der Waals surface area contributed by atoms with Gasteiger partial charge in [-0.3, -0.25) is 0 Å². The molecule has 18 heavy (non-hydrogen) atoms. The van der Waals surface area contributed by atoms with Gasteiger partial charge in [0.15, 0.2) is 0 Å². The van der Waals surface area contributed by atoms with E-state index in [0.29, 0.717) is 23.1 Å². The number of hydrogen-bond donors (Lipinski definition) is 1. The third kappa shape index (κ3) is 4.30. The molecule has 0 aliphatic rings. The number of halogens is 1. The normalized spacial score (nSPS) is 11.3. The van der Waals surface area contributed by atoms with Crippen LogP contribution in [0.2, 0.25) is 0 Å². The van der Waals surface area contributed by atoms with Crippen LogP contribution < -0.4 is 4.90 Å². The monoisotopic (exact) mass is 253 g/mol. The number of aliphatic hydroxyl groups is 1. The minimum Gasteiger partial charge on any atom is -0.392 e. The zero-order valence-corrected chi connectivity index (χ0v) is 11.8. The van der Waals surface area contributed by atoms with Crippen LogP contribution in [0, 0.1) is 17.7 Å². The molecular weight excluding hydrogens is 229 g/mol. The molecule has 0 amide bonds. The molecule has 0 aliphatic carbocycles. The van der Waals surface area contributed by atoms with Gasteiger partial charge in [-0.1, -0.05) is 33.8 Å². The SMILES string of the molecule is CC(C)CN(CC(C)C)c1ccc(CO)cc1F. The van der Waals surface area contributed by atoms with Gasteiger partial charge in [-0.05, 0) is 29.5 Å². The van der Waals surface area contributed by atoms with Gasteiger partial charge in [0.05, 0.1) is 12.3 Å². The Balaban J connectivity index is 2.96. The van der Waals surface area contributed by atoms with Crippen molar-refractivity contribution >= 4 is 5.69 Å². The van der Waals surface area contributed by atoms with E-state index in [-0.39, 0.29) is 12.4 Å². The van der Waals surface area contributed by atoms with Crippen molar-refractivity contribution in [3.63, 3.8) is 0 Å². The third-order valence-corrected chi connectivity index (χ3v) is 2.71. The van der Waals surface area contributed by atoms with E-state index in [4.69, 9.17) is 5.11 Å². The van der Waals surface area contributed by atoms with E-state index in [2.05, 4.69) is 32.6 Å². The third-order valence-electron chi connectivity index (χ3n) is 2.71. The molecule has 1 N–H and O–H groups in total. The molecule has 0 saturated carbocycles. The van der Waals surface area contributed by atoms with Crippen molar-refractivity contribution in [1.29, 1.82) is 0 Å². The second kappa shape index (κ2) is 6.74. The summed E-state index contributed by atoms with van der Waals surface area (Å²) in [5, 5.41) is 9.00. The first-order chi connectivity index (χ1) is 8.43. The van der Waals surface area contributed by atoms with Crippen LogP contribution in [0.25, 0.3) is 0 Å². The van der Waals surface area contributed by atoms with E-state index in [9.17, 15) is 4.39 Å². The van der Waals surface area contributed by atoms with E-state index in [1.54, 1.807) is 12.1 Å². The molecule has 0 atom stereocenters. The molecule has 0 bridgehead atoms. The lowest BCUT2D eigenvalue weighted by molar-refractivity contribution is 0.281. The predicted molar refractivity (Wildman–Crippen MR) is 74.2 cm³/mol. The van der Waals surface area contributed by atoms with Gasteiger partial charge >= 0.3 is 0 Å². The molecule has 0 fully saturated rings. The molecule has 0 saturated heterocycles. The van der Waals surface area contributed by atoms with Gasteiger partial charge < -0.3 is 10.0 Å². The Kier molecular flexibility index (Phi) is 5.60. The van der Waals surface area contributed by atoms with Crippen molar-refractivity contribution in [2.75, 3.05) is 18.0 Å². The summed E-state index contributed by atoms with van der Waals surface area (Å²) in [6, 6.07) is 4.97. The van der Waals surface area contributed by atoms with E-state index >= 15 is 0 Å². The van der Waals surface area contributed by atoms with Crippen molar-refractivity contribution in [3.05, 3.63) is 29.6 Å². The Morgan fingerprint density at radius 3 is 2.06 bits per heavy atom. The Labute approximate surface area is 109 Å². The summed E-state index contributed by atoms with van der Waals surface area (Å²) in [4.78, 5) is 2.09. The molecule has 102 valence electrons. The number of rotatable bonds is 6. The number of hydrogen-bond acceptors (Lipinski definition) is 2. The average molecular weight is 253 g/mol. The summed E-state index contributed by atoms with van der Waals surface area (Å²) in [6.45, 7) is 10.1. The van der Waals surface area contributed by atoms with Crippen LogP contribution in [0.5, 0.6) is 0 Å². The first-order valence-corrected chi connectivity index (χ1v) is 6.58. The molecule has 0 radical (unpaired) electrons. The lowest BCUT2D eigenvalue weighted by Crippen LogP contribution is -2.32. The summed E-state index contributed by atoms with van der Waals surface area (Å²) in [5.41, 5.74) is 1.25. The highest BCUT2D eigenvalue weighted by Crippen LogP contribution is 2.22.